The van der Waals surface area contributed by atoms with Crippen molar-refractivity contribution in [3.8, 4) is 55.9 Å². The lowest BCUT2D eigenvalue weighted by molar-refractivity contribution is 0.259. The highest BCUT2D eigenvalue weighted by molar-refractivity contribution is 6.13. The number of benzene rings is 10. The highest BCUT2D eigenvalue weighted by atomic mass is 16.5. The molecule has 10 aromatic carbocycles. The van der Waals surface area contributed by atoms with Gasteiger partial charge in [0.25, 0.3) is 6.35 Å². The summed E-state index contributed by atoms with van der Waals surface area (Å²) in [5, 5.41) is 8.52. The molecular weight excluding hydrogens is 767 g/mol. The molecule has 298 valence electrons. The minimum absolute atomic E-state index is 0.425. The summed E-state index contributed by atoms with van der Waals surface area (Å²) in [5.74, 6) is 0.840. The Morgan fingerprint density at radius 3 is 1.52 bits per heavy atom. The van der Waals surface area contributed by atoms with Crippen LogP contribution < -0.4 is 15.0 Å². The normalized spacial score (nSPS) is 13.2. The quantitative estimate of drug-likeness (QED) is 0.166. The van der Waals surface area contributed by atoms with Crippen molar-refractivity contribution in [2.24, 2.45) is 0 Å². The molecule has 1 atom stereocenters. The van der Waals surface area contributed by atoms with Crippen LogP contribution in [0.3, 0.4) is 0 Å². The first-order chi connectivity index (χ1) is 31.2. The third-order valence-corrected chi connectivity index (χ3v) is 12.5. The van der Waals surface area contributed by atoms with Gasteiger partial charge in [0.1, 0.15) is 5.75 Å². The smallest absolute Gasteiger partial charge is 0.255 e. The summed E-state index contributed by atoms with van der Waals surface area (Å²) in [6, 6.07) is 84.8. The third kappa shape index (κ3) is 6.48. The second kappa shape index (κ2) is 15.3. The van der Waals surface area contributed by atoms with Gasteiger partial charge in [-0.05, 0) is 116 Å². The molecule has 0 fully saturated rings. The maximum atomic E-state index is 6.56. The van der Waals surface area contributed by atoms with E-state index in [1.54, 1.807) is 0 Å². The molecule has 0 spiro atoms. The number of fused-ring (bicyclic) bond motifs is 5. The van der Waals surface area contributed by atoms with Crippen molar-refractivity contribution >= 4 is 49.6 Å². The van der Waals surface area contributed by atoms with Gasteiger partial charge in [0.15, 0.2) is 0 Å². The molecule has 0 radical (unpaired) electrons. The molecule has 63 heavy (non-hydrogen) atoms. The number of ether oxygens (including phenoxy) is 1. The first-order valence-corrected chi connectivity index (χ1v) is 21.5. The van der Waals surface area contributed by atoms with Crippen molar-refractivity contribution in [3.05, 3.63) is 237 Å². The zero-order valence-electron chi connectivity index (χ0n) is 34.4. The fourth-order valence-corrected chi connectivity index (χ4v) is 9.43. The minimum atomic E-state index is -0.425. The van der Waals surface area contributed by atoms with Crippen LogP contribution >= 0.6 is 0 Å². The van der Waals surface area contributed by atoms with E-state index in [2.05, 4.69) is 233 Å². The molecule has 1 N–H and O–H groups in total. The van der Waals surface area contributed by atoms with Crippen molar-refractivity contribution in [1.82, 2.24) is 4.57 Å². The Labute approximate surface area is 366 Å². The van der Waals surface area contributed by atoms with Crippen molar-refractivity contribution in [2.45, 2.75) is 6.35 Å². The average molecular weight is 808 g/mol. The van der Waals surface area contributed by atoms with E-state index in [1.807, 2.05) is 18.2 Å². The summed E-state index contributed by atoms with van der Waals surface area (Å²) in [4.78, 5) is 2.23. The van der Waals surface area contributed by atoms with E-state index in [-0.39, 0.29) is 0 Å². The highest BCUT2D eigenvalue weighted by Gasteiger charge is 2.29. The molecule has 0 saturated carbocycles. The van der Waals surface area contributed by atoms with Gasteiger partial charge in [0.2, 0.25) is 0 Å². The SMILES string of the molecule is c1ccc(-c2ccc(N(c3ccc(-c4cccc5cccc(-c6ccc7c8ccc(-c9ccccc9)cc8n(-c8ccccc8)c7c6)c45)cc3)C3Nc4ccccc4O3)cc2)cc1. The molecule has 4 heteroatoms. The molecule has 1 aromatic heterocycles. The third-order valence-electron chi connectivity index (χ3n) is 12.5. The topological polar surface area (TPSA) is 29.4 Å². The minimum Gasteiger partial charge on any atom is -0.450 e. The summed E-state index contributed by atoms with van der Waals surface area (Å²) in [7, 11) is 0. The number of nitrogens with one attached hydrogen (secondary N) is 1. The van der Waals surface area contributed by atoms with E-state index in [0.29, 0.717) is 0 Å². The molecule has 0 aliphatic carbocycles. The molecule has 11 aromatic rings. The second-order valence-corrected chi connectivity index (χ2v) is 16.2. The first kappa shape index (κ1) is 36.5. The van der Waals surface area contributed by atoms with Crippen LogP contribution in [0.15, 0.2) is 237 Å². The van der Waals surface area contributed by atoms with Gasteiger partial charge in [0, 0.05) is 27.8 Å². The molecule has 0 amide bonds. The number of anilines is 3. The first-order valence-electron chi connectivity index (χ1n) is 21.5. The molecule has 0 bridgehead atoms. The maximum Gasteiger partial charge on any atom is 0.255 e. The van der Waals surface area contributed by atoms with Gasteiger partial charge in [0.05, 0.1) is 16.7 Å². The van der Waals surface area contributed by atoms with Crippen LogP contribution in [-0.2, 0) is 0 Å². The van der Waals surface area contributed by atoms with Crippen LogP contribution in [0.25, 0.3) is 82.8 Å². The number of rotatable bonds is 8. The van der Waals surface area contributed by atoms with Gasteiger partial charge in [-0.25, -0.2) is 0 Å². The summed E-state index contributed by atoms with van der Waals surface area (Å²) < 4.78 is 8.98. The van der Waals surface area contributed by atoms with Crippen molar-refractivity contribution in [3.63, 3.8) is 0 Å². The van der Waals surface area contributed by atoms with Crippen LogP contribution in [-0.4, -0.2) is 10.9 Å². The highest BCUT2D eigenvalue weighted by Crippen LogP contribution is 2.43. The second-order valence-electron chi connectivity index (χ2n) is 16.2. The van der Waals surface area contributed by atoms with E-state index in [1.165, 1.54) is 71.5 Å². The van der Waals surface area contributed by atoms with E-state index in [4.69, 9.17) is 4.74 Å². The molecule has 1 unspecified atom stereocenters. The average Bonchev–Trinajstić information content (AvgIpc) is 3.93. The predicted molar refractivity (Wildman–Crippen MR) is 263 cm³/mol. The van der Waals surface area contributed by atoms with Gasteiger partial charge in [-0.3, -0.25) is 4.90 Å². The Kier molecular flexibility index (Phi) is 8.86. The molecule has 1 aliphatic heterocycles. The molecule has 12 rings (SSSR count). The number of nitrogens with zero attached hydrogens (tertiary/aromatic N) is 2. The lowest BCUT2D eigenvalue weighted by atomic mass is 9.91. The van der Waals surface area contributed by atoms with Crippen molar-refractivity contribution in [1.29, 1.82) is 0 Å². The fourth-order valence-electron chi connectivity index (χ4n) is 9.43. The van der Waals surface area contributed by atoms with Crippen LogP contribution in [0.5, 0.6) is 5.75 Å². The Bertz CT molecular complexity index is 3400. The number of para-hydroxylation sites is 3. The summed E-state index contributed by atoms with van der Waals surface area (Å²) in [5.41, 5.74) is 16.0. The maximum absolute atomic E-state index is 6.56. The van der Waals surface area contributed by atoms with E-state index in [0.717, 1.165) is 34.1 Å². The largest absolute Gasteiger partial charge is 0.450 e. The molecule has 4 nitrogen and oxygen atoms in total. The fraction of sp³-hybridized carbons (Fsp3) is 0.0169. The Morgan fingerprint density at radius 2 is 0.889 bits per heavy atom. The Hall–Kier alpha value is -8.34. The summed E-state index contributed by atoms with van der Waals surface area (Å²) in [6.07, 6.45) is -0.425. The van der Waals surface area contributed by atoms with Gasteiger partial charge in [-0.15, -0.1) is 0 Å². The van der Waals surface area contributed by atoms with Gasteiger partial charge in [-0.1, -0.05) is 176 Å². The lowest BCUT2D eigenvalue weighted by Gasteiger charge is -2.30. The van der Waals surface area contributed by atoms with Crippen molar-refractivity contribution in [2.75, 3.05) is 10.2 Å². The Morgan fingerprint density at radius 1 is 0.397 bits per heavy atom. The lowest BCUT2D eigenvalue weighted by Crippen LogP contribution is -2.39. The molecule has 1 aliphatic rings. The summed E-state index contributed by atoms with van der Waals surface area (Å²) in [6.45, 7) is 0. The van der Waals surface area contributed by atoms with Crippen LogP contribution in [0, 0.1) is 0 Å². The standard InChI is InChI=1S/C59H41N3O/c1-4-14-40(15-5-1)42-26-32-48(33-27-42)61(59-60-54-24-10-11-25-57(54)63-59)49-34-28-43(29-35-49)50-22-12-18-44-19-13-23-51(58(44)50)46-31-37-53-52-36-30-45(41-16-6-2-7-17-41)38-55(52)62(56(53)39-46)47-20-8-3-9-21-47/h1-39,59-60H. The molecule has 2 heterocycles. The monoisotopic (exact) mass is 807 g/mol. The van der Waals surface area contributed by atoms with Gasteiger partial charge >= 0.3 is 0 Å². The van der Waals surface area contributed by atoms with E-state index in [9.17, 15) is 0 Å². The summed E-state index contributed by atoms with van der Waals surface area (Å²) >= 11 is 0. The molecule has 0 saturated heterocycles. The van der Waals surface area contributed by atoms with Crippen molar-refractivity contribution < 1.29 is 4.74 Å². The van der Waals surface area contributed by atoms with Crippen LogP contribution in [0.1, 0.15) is 0 Å². The predicted octanol–water partition coefficient (Wildman–Crippen LogP) is 15.5. The zero-order valence-corrected chi connectivity index (χ0v) is 34.4. The number of hydrogen-bond donors (Lipinski definition) is 1. The van der Waals surface area contributed by atoms with Gasteiger partial charge < -0.3 is 14.6 Å². The van der Waals surface area contributed by atoms with Crippen LogP contribution in [0.4, 0.5) is 17.1 Å². The Balaban J connectivity index is 0.959. The molecular formula is C59H41N3O. The van der Waals surface area contributed by atoms with E-state index < -0.39 is 6.35 Å². The zero-order chi connectivity index (χ0) is 41.7. The van der Waals surface area contributed by atoms with E-state index >= 15 is 0 Å². The van der Waals surface area contributed by atoms with Gasteiger partial charge in [-0.2, -0.15) is 0 Å². The number of aromatic nitrogens is 1. The number of hydrogen-bond acceptors (Lipinski definition) is 3. The van der Waals surface area contributed by atoms with Crippen LogP contribution in [0.2, 0.25) is 0 Å².